The SMILES string of the molecule is Cc1cc(-c2ncc(CNc3nccc4cc(C5=CC(F)CC=C5)ccc34)cc2C)ccn1. The van der Waals surface area contributed by atoms with Gasteiger partial charge in [-0.3, -0.25) is 9.97 Å². The number of hydrogen-bond acceptors (Lipinski definition) is 4. The summed E-state index contributed by atoms with van der Waals surface area (Å²) in [7, 11) is 0. The minimum absolute atomic E-state index is 0.451. The maximum atomic E-state index is 13.8. The number of nitrogens with zero attached hydrogens (tertiary/aromatic N) is 3. The smallest absolute Gasteiger partial charge is 0.134 e. The second-order valence-electron chi connectivity index (χ2n) is 8.42. The lowest BCUT2D eigenvalue weighted by molar-refractivity contribution is 0.403. The zero-order valence-electron chi connectivity index (χ0n) is 18.7. The second-order valence-corrected chi connectivity index (χ2v) is 8.42. The van der Waals surface area contributed by atoms with E-state index >= 15 is 0 Å². The number of anilines is 1. The molecule has 5 rings (SSSR count). The van der Waals surface area contributed by atoms with Gasteiger partial charge in [-0.15, -0.1) is 0 Å². The summed E-state index contributed by atoms with van der Waals surface area (Å²) in [5, 5.41) is 5.56. The van der Waals surface area contributed by atoms with Crippen LogP contribution in [0.2, 0.25) is 0 Å². The molecule has 0 bridgehead atoms. The predicted octanol–water partition coefficient (Wildman–Crippen LogP) is 6.60. The molecule has 3 aromatic heterocycles. The van der Waals surface area contributed by atoms with Crippen LogP contribution in [0.5, 0.6) is 0 Å². The van der Waals surface area contributed by atoms with Crippen molar-refractivity contribution in [2.24, 2.45) is 0 Å². The van der Waals surface area contributed by atoms with E-state index in [4.69, 9.17) is 4.98 Å². The van der Waals surface area contributed by atoms with Crippen molar-refractivity contribution in [2.45, 2.75) is 33.0 Å². The van der Waals surface area contributed by atoms with Gasteiger partial charge in [0, 0.05) is 48.2 Å². The van der Waals surface area contributed by atoms with Gasteiger partial charge in [0.15, 0.2) is 0 Å². The van der Waals surface area contributed by atoms with E-state index in [9.17, 15) is 4.39 Å². The number of aromatic nitrogens is 3. The van der Waals surface area contributed by atoms with Crippen LogP contribution >= 0.6 is 0 Å². The van der Waals surface area contributed by atoms with Crippen molar-refractivity contribution in [3.05, 3.63) is 102 Å². The first kappa shape index (κ1) is 21.0. The van der Waals surface area contributed by atoms with E-state index in [0.29, 0.717) is 13.0 Å². The molecule has 0 amide bonds. The van der Waals surface area contributed by atoms with E-state index in [1.807, 2.05) is 49.7 Å². The lowest BCUT2D eigenvalue weighted by atomic mass is 9.97. The Labute approximate surface area is 193 Å². The first-order valence-electron chi connectivity index (χ1n) is 11.1. The van der Waals surface area contributed by atoms with Crippen molar-refractivity contribution in [2.75, 3.05) is 5.32 Å². The highest BCUT2D eigenvalue weighted by molar-refractivity contribution is 5.94. The molecule has 0 saturated carbocycles. The molecule has 164 valence electrons. The molecule has 33 heavy (non-hydrogen) atoms. The molecule has 1 unspecified atom stereocenters. The minimum atomic E-state index is -0.915. The Kier molecular flexibility index (Phi) is 5.69. The summed E-state index contributed by atoms with van der Waals surface area (Å²) < 4.78 is 13.8. The molecular formula is C28H25FN4. The average molecular weight is 437 g/mol. The molecule has 0 aliphatic heterocycles. The minimum Gasteiger partial charge on any atom is -0.365 e. The molecule has 4 nitrogen and oxygen atoms in total. The van der Waals surface area contributed by atoms with E-state index < -0.39 is 6.17 Å². The molecule has 0 spiro atoms. The number of fused-ring (bicyclic) bond motifs is 1. The number of aryl methyl sites for hydroxylation is 2. The van der Waals surface area contributed by atoms with Crippen LogP contribution in [-0.4, -0.2) is 21.1 Å². The van der Waals surface area contributed by atoms with Gasteiger partial charge < -0.3 is 5.32 Å². The third kappa shape index (κ3) is 4.53. The Morgan fingerprint density at radius 2 is 1.85 bits per heavy atom. The van der Waals surface area contributed by atoms with Crippen molar-refractivity contribution in [3.63, 3.8) is 0 Å². The Morgan fingerprint density at radius 3 is 2.67 bits per heavy atom. The van der Waals surface area contributed by atoms with Crippen molar-refractivity contribution < 1.29 is 4.39 Å². The van der Waals surface area contributed by atoms with Crippen molar-refractivity contribution in [1.29, 1.82) is 0 Å². The third-order valence-electron chi connectivity index (χ3n) is 5.88. The van der Waals surface area contributed by atoms with Crippen LogP contribution in [0.4, 0.5) is 10.2 Å². The molecule has 4 aromatic rings. The zero-order chi connectivity index (χ0) is 22.8. The van der Waals surface area contributed by atoms with E-state index in [1.165, 1.54) is 0 Å². The normalized spacial score (nSPS) is 15.5. The van der Waals surface area contributed by atoms with Crippen molar-refractivity contribution in [3.8, 4) is 11.3 Å². The molecule has 5 heteroatoms. The van der Waals surface area contributed by atoms with Crippen LogP contribution in [0.3, 0.4) is 0 Å². The summed E-state index contributed by atoms with van der Waals surface area (Å²) in [5.74, 6) is 0.821. The quantitative estimate of drug-likeness (QED) is 0.383. The van der Waals surface area contributed by atoms with Gasteiger partial charge in [-0.1, -0.05) is 30.4 Å². The highest BCUT2D eigenvalue weighted by Gasteiger charge is 2.11. The summed E-state index contributed by atoms with van der Waals surface area (Å²) in [4.78, 5) is 13.5. The number of rotatable bonds is 5. The fraction of sp³-hybridized carbons (Fsp3) is 0.179. The van der Waals surface area contributed by atoms with E-state index in [0.717, 1.165) is 55.8 Å². The average Bonchev–Trinajstić information content (AvgIpc) is 2.82. The van der Waals surface area contributed by atoms with Gasteiger partial charge in [0.05, 0.1) is 5.69 Å². The molecule has 1 aliphatic rings. The number of alkyl halides is 1. The molecule has 1 aliphatic carbocycles. The van der Waals surface area contributed by atoms with Gasteiger partial charge in [0.2, 0.25) is 0 Å². The lowest BCUT2D eigenvalue weighted by Crippen LogP contribution is -2.04. The highest BCUT2D eigenvalue weighted by atomic mass is 19.1. The fourth-order valence-corrected chi connectivity index (χ4v) is 4.24. The molecule has 0 saturated heterocycles. The fourth-order valence-electron chi connectivity index (χ4n) is 4.24. The van der Waals surface area contributed by atoms with Gasteiger partial charge in [0.25, 0.3) is 0 Å². The Morgan fingerprint density at radius 1 is 0.970 bits per heavy atom. The molecule has 1 N–H and O–H groups in total. The topological polar surface area (TPSA) is 50.7 Å². The van der Waals surface area contributed by atoms with Gasteiger partial charge in [0.1, 0.15) is 12.0 Å². The Bertz CT molecular complexity index is 1390. The van der Waals surface area contributed by atoms with E-state index in [1.54, 1.807) is 12.3 Å². The monoisotopic (exact) mass is 436 g/mol. The first-order valence-corrected chi connectivity index (χ1v) is 11.1. The van der Waals surface area contributed by atoms with Crippen LogP contribution in [0.15, 0.2) is 79.3 Å². The number of pyridine rings is 3. The first-order chi connectivity index (χ1) is 16.1. The van der Waals surface area contributed by atoms with E-state index in [2.05, 4.69) is 46.5 Å². The summed E-state index contributed by atoms with van der Waals surface area (Å²) in [5.41, 5.74) is 7.17. The largest absolute Gasteiger partial charge is 0.365 e. The van der Waals surface area contributed by atoms with Crippen molar-refractivity contribution >= 4 is 22.2 Å². The van der Waals surface area contributed by atoms with Gasteiger partial charge in [-0.25, -0.2) is 9.37 Å². The zero-order valence-corrected chi connectivity index (χ0v) is 18.7. The number of nitrogens with one attached hydrogen (secondary N) is 1. The highest BCUT2D eigenvalue weighted by Crippen LogP contribution is 2.29. The number of hydrogen-bond donors (Lipinski definition) is 1. The van der Waals surface area contributed by atoms with Gasteiger partial charge in [-0.05, 0) is 71.8 Å². The van der Waals surface area contributed by atoms with Crippen molar-refractivity contribution in [1.82, 2.24) is 15.0 Å². The molecule has 1 aromatic carbocycles. The predicted molar refractivity (Wildman–Crippen MR) is 133 cm³/mol. The second kappa shape index (κ2) is 8.94. The van der Waals surface area contributed by atoms with Crippen LogP contribution < -0.4 is 5.32 Å². The maximum Gasteiger partial charge on any atom is 0.134 e. The van der Waals surface area contributed by atoms with Crippen LogP contribution in [-0.2, 0) is 6.54 Å². The molecule has 3 heterocycles. The van der Waals surface area contributed by atoms with Crippen LogP contribution in [0, 0.1) is 13.8 Å². The number of halogens is 1. The standard InChI is InChI=1S/C28H25FN4/c1-18-12-20(16-32-27(18)24-9-10-30-19(2)13-24)17-33-28-26-7-6-22(14-23(26)8-11-31-28)21-4-3-5-25(29)15-21/h3-4,6-16,25H,5,17H2,1-2H3,(H,31,33). The van der Waals surface area contributed by atoms with Crippen LogP contribution in [0.1, 0.15) is 28.8 Å². The molecular weight excluding hydrogens is 411 g/mol. The Balaban J connectivity index is 1.36. The number of allylic oxidation sites excluding steroid dienone is 4. The van der Waals surface area contributed by atoms with Crippen LogP contribution in [0.25, 0.3) is 27.6 Å². The summed E-state index contributed by atoms with van der Waals surface area (Å²) in [6, 6.07) is 14.4. The summed E-state index contributed by atoms with van der Waals surface area (Å²) >= 11 is 0. The van der Waals surface area contributed by atoms with E-state index in [-0.39, 0.29) is 0 Å². The Hall–Kier alpha value is -3.86. The molecule has 0 radical (unpaired) electrons. The van der Waals surface area contributed by atoms with Gasteiger partial charge in [-0.2, -0.15) is 0 Å². The number of benzene rings is 1. The maximum absolute atomic E-state index is 13.8. The molecule has 1 atom stereocenters. The lowest BCUT2D eigenvalue weighted by Gasteiger charge is -2.13. The molecule has 0 fully saturated rings. The third-order valence-corrected chi connectivity index (χ3v) is 5.88. The van der Waals surface area contributed by atoms with Gasteiger partial charge >= 0.3 is 0 Å². The summed E-state index contributed by atoms with van der Waals surface area (Å²) in [6.45, 7) is 4.68. The summed E-state index contributed by atoms with van der Waals surface area (Å²) in [6.07, 6.45) is 10.6.